The van der Waals surface area contributed by atoms with Gasteiger partial charge in [-0.25, -0.2) is 4.79 Å². The van der Waals surface area contributed by atoms with Crippen LogP contribution in [0.5, 0.6) is 11.5 Å². The topological polar surface area (TPSA) is 56.8 Å². The molecule has 0 bridgehead atoms. The number of hydrogen-bond acceptors (Lipinski definition) is 5. The summed E-state index contributed by atoms with van der Waals surface area (Å²) in [6.07, 6.45) is 2.13. The third-order valence-electron chi connectivity index (χ3n) is 3.41. The standard InChI is InChI=1S/C14H17NO4/c1-17-14(16)13(9-2-3-9)15-10-4-5-11-12(8-10)19-7-6-18-11/h4-5,8-9,13,15H,2-3,6-7H2,1H3. The van der Waals surface area contributed by atoms with Gasteiger partial charge in [0, 0.05) is 11.8 Å². The molecule has 19 heavy (non-hydrogen) atoms. The molecule has 1 heterocycles. The minimum atomic E-state index is -0.271. The molecule has 1 aliphatic heterocycles. The number of anilines is 1. The smallest absolute Gasteiger partial charge is 0.328 e. The molecule has 2 aliphatic rings. The first-order valence-corrected chi connectivity index (χ1v) is 6.52. The Hall–Kier alpha value is -1.91. The van der Waals surface area contributed by atoms with Crippen molar-refractivity contribution in [2.75, 3.05) is 25.6 Å². The highest BCUT2D eigenvalue weighted by Crippen LogP contribution is 2.37. The van der Waals surface area contributed by atoms with E-state index in [1.807, 2.05) is 18.2 Å². The maximum absolute atomic E-state index is 11.7. The van der Waals surface area contributed by atoms with Crippen molar-refractivity contribution in [1.29, 1.82) is 0 Å². The minimum absolute atomic E-state index is 0.211. The summed E-state index contributed by atoms with van der Waals surface area (Å²) in [6, 6.07) is 5.35. The van der Waals surface area contributed by atoms with Crippen molar-refractivity contribution in [1.82, 2.24) is 0 Å². The summed E-state index contributed by atoms with van der Waals surface area (Å²) >= 11 is 0. The lowest BCUT2D eigenvalue weighted by Gasteiger charge is -2.21. The van der Waals surface area contributed by atoms with Crippen LogP contribution < -0.4 is 14.8 Å². The van der Waals surface area contributed by atoms with E-state index < -0.39 is 0 Å². The van der Waals surface area contributed by atoms with Gasteiger partial charge in [-0.15, -0.1) is 0 Å². The molecule has 1 aliphatic carbocycles. The second-order valence-corrected chi connectivity index (χ2v) is 4.84. The summed E-state index contributed by atoms with van der Waals surface area (Å²) < 4.78 is 15.8. The molecule has 1 aromatic rings. The van der Waals surface area contributed by atoms with Gasteiger partial charge in [0.1, 0.15) is 19.3 Å². The van der Waals surface area contributed by atoms with Crippen molar-refractivity contribution in [3.05, 3.63) is 18.2 Å². The van der Waals surface area contributed by atoms with Crippen LogP contribution in [0.3, 0.4) is 0 Å². The first-order valence-electron chi connectivity index (χ1n) is 6.52. The summed E-state index contributed by atoms with van der Waals surface area (Å²) in [5.74, 6) is 1.63. The highest BCUT2D eigenvalue weighted by molar-refractivity contribution is 5.80. The van der Waals surface area contributed by atoms with Gasteiger partial charge in [0.2, 0.25) is 0 Å². The molecule has 0 saturated heterocycles. The van der Waals surface area contributed by atoms with Crippen LogP contribution in [0.25, 0.3) is 0 Å². The Labute approximate surface area is 111 Å². The maximum Gasteiger partial charge on any atom is 0.328 e. The van der Waals surface area contributed by atoms with E-state index in [9.17, 15) is 4.79 Å². The SMILES string of the molecule is COC(=O)C(Nc1ccc2c(c1)OCCO2)C1CC1. The summed E-state index contributed by atoms with van der Waals surface area (Å²) in [6.45, 7) is 1.13. The average Bonchev–Trinajstić information content (AvgIpc) is 3.28. The highest BCUT2D eigenvalue weighted by Gasteiger charge is 2.37. The van der Waals surface area contributed by atoms with Crippen LogP contribution in [0.15, 0.2) is 18.2 Å². The zero-order valence-electron chi connectivity index (χ0n) is 10.8. The van der Waals surface area contributed by atoms with Gasteiger partial charge in [0.15, 0.2) is 11.5 Å². The van der Waals surface area contributed by atoms with Gasteiger partial charge >= 0.3 is 5.97 Å². The molecule has 102 valence electrons. The maximum atomic E-state index is 11.7. The van der Waals surface area contributed by atoms with E-state index in [0.717, 1.165) is 30.0 Å². The van der Waals surface area contributed by atoms with Crippen LogP contribution in [0.4, 0.5) is 5.69 Å². The molecule has 0 radical (unpaired) electrons. The van der Waals surface area contributed by atoms with Crippen LogP contribution in [0.1, 0.15) is 12.8 Å². The fourth-order valence-corrected chi connectivity index (χ4v) is 2.24. The van der Waals surface area contributed by atoms with Crippen LogP contribution in [0.2, 0.25) is 0 Å². The van der Waals surface area contributed by atoms with Crippen molar-refractivity contribution >= 4 is 11.7 Å². The van der Waals surface area contributed by atoms with Gasteiger partial charge in [-0.3, -0.25) is 0 Å². The van der Waals surface area contributed by atoms with Crippen molar-refractivity contribution in [2.24, 2.45) is 5.92 Å². The molecule has 1 fully saturated rings. The molecule has 1 unspecified atom stereocenters. The van der Waals surface area contributed by atoms with E-state index in [4.69, 9.17) is 14.2 Å². The van der Waals surface area contributed by atoms with Crippen molar-refractivity contribution in [3.63, 3.8) is 0 Å². The fourth-order valence-electron chi connectivity index (χ4n) is 2.24. The average molecular weight is 263 g/mol. The van der Waals surface area contributed by atoms with Crippen LogP contribution in [0, 0.1) is 5.92 Å². The second kappa shape index (κ2) is 4.99. The summed E-state index contributed by atoms with van der Waals surface area (Å²) in [5.41, 5.74) is 0.853. The second-order valence-electron chi connectivity index (χ2n) is 4.84. The predicted octanol–water partition coefficient (Wildman–Crippen LogP) is 1.82. The van der Waals surface area contributed by atoms with E-state index in [2.05, 4.69) is 5.32 Å². The number of rotatable bonds is 4. The number of hydrogen-bond donors (Lipinski definition) is 1. The normalized spacial score (nSPS) is 18.6. The Morgan fingerprint density at radius 2 is 2.05 bits per heavy atom. The van der Waals surface area contributed by atoms with Gasteiger partial charge in [-0.05, 0) is 30.9 Å². The molecule has 3 rings (SSSR count). The zero-order valence-corrected chi connectivity index (χ0v) is 10.8. The summed E-state index contributed by atoms with van der Waals surface area (Å²) in [7, 11) is 1.42. The number of benzene rings is 1. The first kappa shape index (κ1) is 12.1. The molecule has 1 N–H and O–H groups in total. The Balaban J connectivity index is 1.76. The van der Waals surface area contributed by atoms with E-state index >= 15 is 0 Å². The van der Waals surface area contributed by atoms with Crippen LogP contribution in [-0.4, -0.2) is 32.3 Å². The van der Waals surface area contributed by atoms with Gasteiger partial charge in [-0.2, -0.15) is 0 Å². The summed E-state index contributed by atoms with van der Waals surface area (Å²) in [4.78, 5) is 11.7. The number of ether oxygens (including phenoxy) is 3. The molecule has 0 spiro atoms. The predicted molar refractivity (Wildman–Crippen MR) is 69.6 cm³/mol. The molecule has 5 heteroatoms. The number of carbonyl (C=O) groups excluding carboxylic acids is 1. The fraction of sp³-hybridized carbons (Fsp3) is 0.500. The third kappa shape index (κ3) is 2.59. The third-order valence-corrected chi connectivity index (χ3v) is 3.41. The van der Waals surface area contributed by atoms with Crippen LogP contribution >= 0.6 is 0 Å². The number of nitrogens with one attached hydrogen (secondary N) is 1. The first-order chi connectivity index (χ1) is 9.28. The van der Waals surface area contributed by atoms with Gasteiger partial charge in [0.05, 0.1) is 7.11 Å². The quantitative estimate of drug-likeness (QED) is 0.840. The van der Waals surface area contributed by atoms with Crippen molar-refractivity contribution < 1.29 is 19.0 Å². The number of methoxy groups -OCH3 is 1. The van der Waals surface area contributed by atoms with E-state index in [-0.39, 0.29) is 12.0 Å². The number of carbonyl (C=O) groups is 1. The largest absolute Gasteiger partial charge is 0.486 e. The minimum Gasteiger partial charge on any atom is -0.486 e. The lowest BCUT2D eigenvalue weighted by Crippen LogP contribution is -2.32. The summed E-state index contributed by atoms with van der Waals surface area (Å²) in [5, 5.41) is 3.23. The number of fused-ring (bicyclic) bond motifs is 1. The van der Waals surface area contributed by atoms with Gasteiger partial charge in [-0.1, -0.05) is 0 Å². The van der Waals surface area contributed by atoms with Crippen LogP contribution in [-0.2, 0) is 9.53 Å². The van der Waals surface area contributed by atoms with Crippen molar-refractivity contribution in [3.8, 4) is 11.5 Å². The molecule has 1 atom stereocenters. The Kier molecular flexibility index (Phi) is 3.19. The lowest BCUT2D eigenvalue weighted by molar-refractivity contribution is -0.142. The molecule has 1 saturated carbocycles. The lowest BCUT2D eigenvalue weighted by atomic mass is 10.1. The van der Waals surface area contributed by atoms with Crippen molar-refractivity contribution in [2.45, 2.75) is 18.9 Å². The molecule has 0 aromatic heterocycles. The number of esters is 1. The molecule has 5 nitrogen and oxygen atoms in total. The Morgan fingerprint density at radius 3 is 2.74 bits per heavy atom. The van der Waals surface area contributed by atoms with E-state index in [1.165, 1.54) is 7.11 Å². The molecule has 0 amide bonds. The van der Waals surface area contributed by atoms with Gasteiger partial charge in [0.25, 0.3) is 0 Å². The van der Waals surface area contributed by atoms with E-state index in [0.29, 0.717) is 19.1 Å². The molecule has 1 aromatic carbocycles. The zero-order chi connectivity index (χ0) is 13.2. The van der Waals surface area contributed by atoms with E-state index in [1.54, 1.807) is 0 Å². The Morgan fingerprint density at radius 1 is 1.32 bits per heavy atom. The Bertz CT molecular complexity index is 484. The highest BCUT2D eigenvalue weighted by atomic mass is 16.6. The molecular formula is C14H17NO4. The monoisotopic (exact) mass is 263 g/mol. The molecular weight excluding hydrogens is 246 g/mol. The van der Waals surface area contributed by atoms with Gasteiger partial charge < -0.3 is 19.5 Å².